The summed E-state index contributed by atoms with van der Waals surface area (Å²) in [6, 6.07) is 4.29. The van der Waals surface area contributed by atoms with Gasteiger partial charge in [-0.3, -0.25) is 9.69 Å². The Kier molecular flexibility index (Phi) is 6.99. The predicted molar refractivity (Wildman–Crippen MR) is 115 cm³/mol. The number of carbonyl (C=O) groups excluding carboxylic acids is 1. The number of imidazole rings is 1. The first-order chi connectivity index (χ1) is 14.7. The molecule has 2 aliphatic rings. The van der Waals surface area contributed by atoms with E-state index in [1.54, 1.807) is 0 Å². The monoisotopic (exact) mass is 415 g/mol. The van der Waals surface area contributed by atoms with Crippen LogP contribution in [0.1, 0.15) is 41.0 Å². The third-order valence-corrected chi connectivity index (χ3v) is 6.27. The largest absolute Gasteiger partial charge is 0.395 e. The number of aliphatic hydroxyl groups excluding tert-OH is 1. The van der Waals surface area contributed by atoms with Crippen LogP contribution in [0.25, 0.3) is 5.65 Å². The van der Waals surface area contributed by atoms with Crippen molar-refractivity contribution in [2.45, 2.75) is 38.8 Å². The standard InChI is InChI=1S/C22H33N5O3/c1-17-5-4-9-27-19(15-23-7-10-25-8-3-2-6-18(25)16-28)20(24-21(17)27)22(29)26-11-13-30-14-12-26/h4-5,9,18,23,28H,2-3,6-8,10-16H2,1H3. The molecule has 2 aromatic heterocycles. The van der Waals surface area contributed by atoms with E-state index in [1.165, 1.54) is 12.8 Å². The van der Waals surface area contributed by atoms with Crippen molar-refractivity contribution < 1.29 is 14.6 Å². The summed E-state index contributed by atoms with van der Waals surface area (Å²) >= 11 is 0. The number of amides is 1. The van der Waals surface area contributed by atoms with E-state index >= 15 is 0 Å². The lowest BCUT2D eigenvalue weighted by atomic mass is 10.0. The third-order valence-electron chi connectivity index (χ3n) is 6.27. The van der Waals surface area contributed by atoms with Gasteiger partial charge in [-0.15, -0.1) is 0 Å². The van der Waals surface area contributed by atoms with E-state index in [2.05, 4.69) is 10.2 Å². The van der Waals surface area contributed by atoms with Crippen molar-refractivity contribution in [3.8, 4) is 0 Å². The molecule has 2 saturated heterocycles. The Balaban J connectivity index is 1.47. The number of ether oxygens (including phenoxy) is 1. The van der Waals surface area contributed by atoms with Crippen molar-refractivity contribution in [3.05, 3.63) is 35.3 Å². The van der Waals surface area contributed by atoms with Gasteiger partial charge in [0.1, 0.15) is 5.65 Å². The first kappa shape index (κ1) is 21.2. The fraction of sp³-hybridized carbons (Fsp3) is 0.636. The summed E-state index contributed by atoms with van der Waals surface area (Å²) in [4.78, 5) is 22.1. The van der Waals surface area contributed by atoms with Gasteiger partial charge in [0.25, 0.3) is 5.91 Å². The zero-order valence-electron chi connectivity index (χ0n) is 17.8. The number of rotatable bonds is 7. The van der Waals surface area contributed by atoms with Crippen molar-refractivity contribution in [2.24, 2.45) is 0 Å². The van der Waals surface area contributed by atoms with E-state index in [1.807, 2.05) is 34.6 Å². The van der Waals surface area contributed by atoms with Crippen LogP contribution in [0.15, 0.2) is 18.3 Å². The van der Waals surface area contributed by atoms with Gasteiger partial charge in [0, 0.05) is 45.0 Å². The van der Waals surface area contributed by atoms with E-state index in [-0.39, 0.29) is 18.6 Å². The summed E-state index contributed by atoms with van der Waals surface area (Å²) in [5, 5.41) is 13.1. The van der Waals surface area contributed by atoms with E-state index in [0.29, 0.717) is 38.5 Å². The molecule has 0 saturated carbocycles. The van der Waals surface area contributed by atoms with Crippen molar-refractivity contribution in [2.75, 3.05) is 52.5 Å². The van der Waals surface area contributed by atoms with Crippen LogP contribution in [0.3, 0.4) is 0 Å². The first-order valence-electron chi connectivity index (χ1n) is 11.1. The van der Waals surface area contributed by atoms with E-state index in [4.69, 9.17) is 9.72 Å². The number of morpholine rings is 1. The van der Waals surface area contributed by atoms with Crippen LogP contribution in [-0.2, 0) is 11.3 Å². The Labute approximate surface area is 177 Å². The molecule has 4 rings (SSSR count). The van der Waals surface area contributed by atoms with Crippen LogP contribution in [-0.4, -0.2) is 88.8 Å². The number of piperidine rings is 1. The number of nitrogens with zero attached hydrogens (tertiary/aromatic N) is 4. The van der Waals surface area contributed by atoms with E-state index in [9.17, 15) is 9.90 Å². The minimum Gasteiger partial charge on any atom is -0.395 e. The molecule has 1 atom stereocenters. The Morgan fingerprint density at radius 2 is 2.13 bits per heavy atom. The van der Waals surface area contributed by atoms with Crippen molar-refractivity contribution in [1.82, 2.24) is 24.5 Å². The summed E-state index contributed by atoms with van der Waals surface area (Å²) in [5.74, 6) is -0.0189. The van der Waals surface area contributed by atoms with Crippen molar-refractivity contribution in [1.29, 1.82) is 0 Å². The van der Waals surface area contributed by atoms with Gasteiger partial charge in [-0.25, -0.2) is 4.98 Å². The van der Waals surface area contributed by atoms with Crippen LogP contribution in [0.4, 0.5) is 0 Å². The van der Waals surface area contributed by atoms with Crippen LogP contribution >= 0.6 is 0 Å². The second-order valence-electron chi connectivity index (χ2n) is 8.24. The minimum absolute atomic E-state index is 0.0189. The van der Waals surface area contributed by atoms with Crippen molar-refractivity contribution in [3.63, 3.8) is 0 Å². The molecule has 0 spiro atoms. The highest BCUT2D eigenvalue weighted by atomic mass is 16.5. The lowest BCUT2D eigenvalue weighted by Gasteiger charge is -2.34. The van der Waals surface area contributed by atoms with E-state index in [0.717, 1.165) is 43.0 Å². The zero-order chi connectivity index (χ0) is 20.9. The number of pyridine rings is 1. The number of hydrogen-bond donors (Lipinski definition) is 2. The van der Waals surface area contributed by atoms with Gasteiger partial charge in [0.05, 0.1) is 25.5 Å². The number of aromatic nitrogens is 2. The Hall–Kier alpha value is -2.00. The van der Waals surface area contributed by atoms with Crippen LogP contribution in [0, 0.1) is 6.92 Å². The van der Waals surface area contributed by atoms with Gasteiger partial charge < -0.3 is 24.5 Å². The Morgan fingerprint density at radius 3 is 2.93 bits per heavy atom. The molecule has 8 heteroatoms. The second-order valence-corrected chi connectivity index (χ2v) is 8.24. The third kappa shape index (κ3) is 4.51. The number of hydrogen-bond acceptors (Lipinski definition) is 6. The maximum atomic E-state index is 13.2. The minimum atomic E-state index is -0.0189. The molecule has 2 aromatic rings. The molecule has 2 N–H and O–H groups in total. The normalized spacial score (nSPS) is 20.7. The van der Waals surface area contributed by atoms with Crippen LogP contribution in [0.5, 0.6) is 0 Å². The molecule has 30 heavy (non-hydrogen) atoms. The number of fused-ring (bicyclic) bond motifs is 1. The Bertz CT molecular complexity index is 862. The molecule has 4 heterocycles. The molecule has 0 aliphatic carbocycles. The fourth-order valence-corrected chi connectivity index (χ4v) is 4.50. The predicted octanol–water partition coefficient (Wildman–Crippen LogP) is 1.05. The Morgan fingerprint density at radius 1 is 1.30 bits per heavy atom. The highest BCUT2D eigenvalue weighted by molar-refractivity contribution is 5.94. The average molecular weight is 416 g/mol. The number of likely N-dealkylation sites (tertiary alicyclic amines) is 1. The SMILES string of the molecule is Cc1cccn2c(CNCCN3CCCCC3CO)c(C(=O)N3CCOCC3)nc12. The fourth-order valence-electron chi connectivity index (χ4n) is 4.50. The summed E-state index contributed by atoms with van der Waals surface area (Å²) in [6.07, 6.45) is 5.45. The first-order valence-corrected chi connectivity index (χ1v) is 11.1. The molecule has 8 nitrogen and oxygen atoms in total. The summed E-state index contributed by atoms with van der Waals surface area (Å²) < 4.78 is 7.43. The molecule has 164 valence electrons. The molecule has 1 unspecified atom stereocenters. The van der Waals surface area contributed by atoms with E-state index < -0.39 is 0 Å². The van der Waals surface area contributed by atoms with Gasteiger partial charge in [-0.2, -0.15) is 0 Å². The zero-order valence-corrected chi connectivity index (χ0v) is 17.8. The average Bonchev–Trinajstić information content (AvgIpc) is 3.17. The number of carbonyl (C=O) groups is 1. The highest BCUT2D eigenvalue weighted by Crippen LogP contribution is 2.19. The topological polar surface area (TPSA) is 82.3 Å². The smallest absolute Gasteiger partial charge is 0.274 e. The molecule has 0 aromatic carbocycles. The highest BCUT2D eigenvalue weighted by Gasteiger charge is 2.26. The number of aliphatic hydroxyl groups is 1. The molecular weight excluding hydrogens is 382 g/mol. The van der Waals surface area contributed by atoms with Crippen LogP contribution < -0.4 is 5.32 Å². The molecule has 0 bridgehead atoms. The summed E-state index contributed by atoms with van der Waals surface area (Å²) in [5.41, 5.74) is 3.33. The van der Waals surface area contributed by atoms with Gasteiger partial charge in [-0.05, 0) is 37.9 Å². The van der Waals surface area contributed by atoms with Gasteiger partial charge in [0.15, 0.2) is 5.69 Å². The molecule has 1 amide bonds. The lowest BCUT2D eigenvalue weighted by molar-refractivity contribution is 0.0298. The van der Waals surface area contributed by atoms with Gasteiger partial charge >= 0.3 is 0 Å². The van der Waals surface area contributed by atoms with Crippen LogP contribution in [0.2, 0.25) is 0 Å². The van der Waals surface area contributed by atoms with Crippen molar-refractivity contribution >= 4 is 11.6 Å². The lowest BCUT2D eigenvalue weighted by Crippen LogP contribution is -2.45. The summed E-state index contributed by atoms with van der Waals surface area (Å²) in [6.45, 7) is 7.94. The molecule has 2 aliphatic heterocycles. The molecule has 2 fully saturated rings. The molecular formula is C22H33N5O3. The maximum Gasteiger partial charge on any atom is 0.274 e. The van der Waals surface area contributed by atoms with Gasteiger partial charge in [-0.1, -0.05) is 12.5 Å². The maximum absolute atomic E-state index is 13.2. The van der Waals surface area contributed by atoms with Gasteiger partial charge in [0.2, 0.25) is 0 Å². The summed E-state index contributed by atoms with van der Waals surface area (Å²) in [7, 11) is 0. The second kappa shape index (κ2) is 9.87. The quantitative estimate of drug-likeness (QED) is 0.658. The number of nitrogens with one attached hydrogen (secondary N) is 1. The number of aryl methyl sites for hydroxylation is 1. The molecule has 0 radical (unpaired) electrons.